The van der Waals surface area contributed by atoms with Crippen LogP contribution in [0.3, 0.4) is 0 Å². The number of aromatic nitrogens is 1. The summed E-state index contributed by atoms with van der Waals surface area (Å²) in [5.74, 6) is 0.162. The summed E-state index contributed by atoms with van der Waals surface area (Å²) in [5, 5.41) is 2.10. The first-order valence-corrected chi connectivity index (χ1v) is 9.76. The SMILES string of the molecule is CCN1CCN(C(=O)c2cc3sccc3n2Cc2ccccc2)CC1. The number of piperazine rings is 1. The summed E-state index contributed by atoms with van der Waals surface area (Å²) in [6.45, 7) is 7.54. The normalized spacial score (nSPS) is 15.8. The van der Waals surface area contributed by atoms with Gasteiger partial charge in [0.15, 0.2) is 0 Å². The summed E-state index contributed by atoms with van der Waals surface area (Å²) in [5.41, 5.74) is 3.19. The highest BCUT2D eigenvalue weighted by atomic mass is 32.1. The Kier molecular flexibility index (Phi) is 4.59. The van der Waals surface area contributed by atoms with Crippen LogP contribution in [0.4, 0.5) is 0 Å². The molecule has 5 heteroatoms. The van der Waals surface area contributed by atoms with Crippen molar-refractivity contribution in [1.82, 2.24) is 14.4 Å². The van der Waals surface area contributed by atoms with Gasteiger partial charge in [0.05, 0.1) is 10.2 Å². The highest BCUT2D eigenvalue weighted by Gasteiger charge is 2.25. The summed E-state index contributed by atoms with van der Waals surface area (Å²) in [6.07, 6.45) is 0. The molecule has 1 aromatic carbocycles. The Labute approximate surface area is 152 Å². The van der Waals surface area contributed by atoms with E-state index in [9.17, 15) is 4.79 Å². The standard InChI is InChI=1S/C20H23N3OS/c1-2-21-9-11-22(12-10-21)20(24)18-14-19-17(8-13-25-19)23(18)15-16-6-4-3-5-7-16/h3-8,13-14H,2,9-12,15H2,1H3. The van der Waals surface area contributed by atoms with Crippen LogP contribution in [-0.2, 0) is 6.54 Å². The molecule has 0 radical (unpaired) electrons. The number of likely N-dealkylation sites (N-methyl/N-ethyl adjacent to an activating group) is 1. The molecule has 4 rings (SSSR count). The molecule has 1 amide bonds. The van der Waals surface area contributed by atoms with Gasteiger partial charge in [-0.05, 0) is 29.6 Å². The second-order valence-electron chi connectivity index (χ2n) is 6.50. The van der Waals surface area contributed by atoms with Crippen molar-refractivity contribution in [2.75, 3.05) is 32.7 Å². The number of carbonyl (C=O) groups excluding carboxylic acids is 1. The zero-order valence-corrected chi connectivity index (χ0v) is 15.3. The van der Waals surface area contributed by atoms with Gasteiger partial charge in [-0.2, -0.15) is 0 Å². The van der Waals surface area contributed by atoms with Gasteiger partial charge in [0.1, 0.15) is 5.69 Å². The molecule has 0 N–H and O–H groups in total. The monoisotopic (exact) mass is 353 g/mol. The maximum absolute atomic E-state index is 13.2. The Morgan fingerprint density at radius 2 is 1.84 bits per heavy atom. The molecule has 0 saturated carbocycles. The number of rotatable bonds is 4. The van der Waals surface area contributed by atoms with Gasteiger partial charge in [-0.25, -0.2) is 0 Å². The Hall–Kier alpha value is -2.11. The van der Waals surface area contributed by atoms with Gasteiger partial charge >= 0.3 is 0 Å². The first-order valence-electron chi connectivity index (χ1n) is 8.88. The van der Waals surface area contributed by atoms with Crippen molar-refractivity contribution >= 4 is 27.5 Å². The molecule has 0 aliphatic carbocycles. The molecule has 25 heavy (non-hydrogen) atoms. The molecule has 1 saturated heterocycles. The predicted octanol–water partition coefficient (Wildman–Crippen LogP) is 3.53. The molecular weight excluding hydrogens is 330 g/mol. The van der Waals surface area contributed by atoms with Crippen LogP contribution in [0.5, 0.6) is 0 Å². The van der Waals surface area contributed by atoms with Gasteiger partial charge in [-0.3, -0.25) is 4.79 Å². The first-order chi connectivity index (χ1) is 12.3. The largest absolute Gasteiger partial charge is 0.335 e. The minimum absolute atomic E-state index is 0.162. The molecule has 0 spiro atoms. The van der Waals surface area contributed by atoms with E-state index in [0.29, 0.717) is 0 Å². The van der Waals surface area contributed by atoms with E-state index < -0.39 is 0 Å². The van der Waals surface area contributed by atoms with E-state index in [1.165, 1.54) is 10.3 Å². The van der Waals surface area contributed by atoms with Crippen molar-refractivity contribution < 1.29 is 4.79 Å². The molecule has 3 heterocycles. The van der Waals surface area contributed by atoms with Crippen molar-refractivity contribution in [1.29, 1.82) is 0 Å². The number of benzene rings is 1. The third kappa shape index (κ3) is 3.22. The highest BCUT2D eigenvalue weighted by molar-refractivity contribution is 7.17. The number of nitrogens with zero attached hydrogens (tertiary/aromatic N) is 3. The summed E-state index contributed by atoms with van der Waals surface area (Å²) >= 11 is 1.70. The van der Waals surface area contributed by atoms with E-state index in [-0.39, 0.29) is 5.91 Å². The van der Waals surface area contributed by atoms with Crippen LogP contribution in [-0.4, -0.2) is 53.0 Å². The number of carbonyl (C=O) groups is 1. The second-order valence-corrected chi connectivity index (χ2v) is 7.45. The molecule has 0 unspecified atom stereocenters. The van der Waals surface area contributed by atoms with E-state index in [0.717, 1.165) is 50.5 Å². The van der Waals surface area contributed by atoms with Crippen molar-refractivity contribution in [3.05, 3.63) is 59.1 Å². The number of fused-ring (bicyclic) bond motifs is 1. The number of hydrogen-bond donors (Lipinski definition) is 0. The molecule has 130 valence electrons. The maximum Gasteiger partial charge on any atom is 0.270 e. The summed E-state index contributed by atoms with van der Waals surface area (Å²) < 4.78 is 3.36. The Balaban J connectivity index is 1.64. The van der Waals surface area contributed by atoms with Crippen LogP contribution in [0.2, 0.25) is 0 Å². The van der Waals surface area contributed by atoms with Crippen molar-refractivity contribution in [3.8, 4) is 0 Å². The van der Waals surface area contributed by atoms with E-state index in [1.807, 2.05) is 11.0 Å². The van der Waals surface area contributed by atoms with Crippen LogP contribution in [0.1, 0.15) is 23.0 Å². The third-order valence-corrected chi connectivity index (χ3v) is 5.89. The minimum Gasteiger partial charge on any atom is -0.335 e. The predicted molar refractivity (Wildman–Crippen MR) is 103 cm³/mol. The van der Waals surface area contributed by atoms with Crippen LogP contribution in [0, 0.1) is 0 Å². The second kappa shape index (κ2) is 7.02. The zero-order chi connectivity index (χ0) is 17.2. The number of hydrogen-bond acceptors (Lipinski definition) is 3. The van der Waals surface area contributed by atoms with E-state index in [4.69, 9.17) is 0 Å². The van der Waals surface area contributed by atoms with Crippen molar-refractivity contribution in [2.24, 2.45) is 0 Å². The van der Waals surface area contributed by atoms with Gasteiger partial charge in [0.25, 0.3) is 5.91 Å². The summed E-state index contributed by atoms with van der Waals surface area (Å²) in [7, 11) is 0. The fourth-order valence-corrected chi connectivity index (χ4v) is 4.34. The molecule has 3 aromatic rings. The summed E-state index contributed by atoms with van der Waals surface area (Å²) in [6, 6.07) is 14.5. The van der Waals surface area contributed by atoms with E-state index >= 15 is 0 Å². The fraction of sp³-hybridized carbons (Fsp3) is 0.350. The topological polar surface area (TPSA) is 28.5 Å². The quantitative estimate of drug-likeness (QED) is 0.718. The minimum atomic E-state index is 0.162. The lowest BCUT2D eigenvalue weighted by molar-refractivity contribution is 0.0634. The van der Waals surface area contributed by atoms with Gasteiger partial charge < -0.3 is 14.4 Å². The van der Waals surface area contributed by atoms with Crippen LogP contribution in [0.25, 0.3) is 10.2 Å². The highest BCUT2D eigenvalue weighted by Crippen LogP contribution is 2.27. The molecule has 4 nitrogen and oxygen atoms in total. The van der Waals surface area contributed by atoms with Crippen molar-refractivity contribution in [3.63, 3.8) is 0 Å². The van der Waals surface area contributed by atoms with Gasteiger partial charge in [-0.15, -0.1) is 11.3 Å². The van der Waals surface area contributed by atoms with Crippen LogP contribution >= 0.6 is 11.3 Å². The van der Waals surface area contributed by atoms with Crippen molar-refractivity contribution in [2.45, 2.75) is 13.5 Å². The molecule has 1 aliphatic heterocycles. The average Bonchev–Trinajstić information content (AvgIpc) is 3.25. The smallest absolute Gasteiger partial charge is 0.270 e. The van der Waals surface area contributed by atoms with Gasteiger partial charge in [0.2, 0.25) is 0 Å². The maximum atomic E-state index is 13.2. The average molecular weight is 353 g/mol. The lowest BCUT2D eigenvalue weighted by Crippen LogP contribution is -2.48. The Morgan fingerprint density at radius 3 is 2.56 bits per heavy atom. The Bertz CT molecular complexity index is 860. The fourth-order valence-electron chi connectivity index (χ4n) is 3.52. The van der Waals surface area contributed by atoms with E-state index in [2.05, 4.69) is 58.2 Å². The lowest BCUT2D eigenvalue weighted by Gasteiger charge is -2.34. The molecule has 0 bridgehead atoms. The molecule has 0 atom stereocenters. The van der Waals surface area contributed by atoms with Gasteiger partial charge in [0, 0.05) is 32.7 Å². The molecular formula is C20H23N3OS. The summed E-state index contributed by atoms with van der Waals surface area (Å²) in [4.78, 5) is 17.6. The number of thiophene rings is 1. The molecule has 2 aromatic heterocycles. The third-order valence-electron chi connectivity index (χ3n) is 5.03. The first kappa shape index (κ1) is 16.4. The molecule has 1 fully saturated rings. The van der Waals surface area contributed by atoms with Crippen LogP contribution < -0.4 is 0 Å². The van der Waals surface area contributed by atoms with Crippen LogP contribution in [0.15, 0.2) is 47.8 Å². The molecule has 1 aliphatic rings. The van der Waals surface area contributed by atoms with E-state index in [1.54, 1.807) is 11.3 Å². The zero-order valence-electron chi connectivity index (χ0n) is 14.5. The number of amides is 1. The van der Waals surface area contributed by atoms with Gasteiger partial charge in [-0.1, -0.05) is 37.3 Å². The Morgan fingerprint density at radius 1 is 1.08 bits per heavy atom. The lowest BCUT2D eigenvalue weighted by atomic mass is 10.2.